The fourth-order valence-electron chi connectivity index (χ4n) is 2.60. The Labute approximate surface area is 169 Å². The fraction of sp³-hybridized carbons (Fsp3) is 0.0500. The largest absolute Gasteiger partial charge is 0.298 e. The second kappa shape index (κ2) is 7.35. The number of rotatable bonds is 3. The number of aromatic nitrogens is 3. The molecule has 4 rings (SSSR count). The highest BCUT2D eigenvalue weighted by Crippen LogP contribution is 2.28. The number of thiazole rings is 1. The number of hydrogen-bond acceptors (Lipinski definition) is 6. The topological polar surface area (TPSA) is 91.6 Å². The zero-order valence-corrected chi connectivity index (χ0v) is 16.2. The second-order valence-electron chi connectivity index (χ2n) is 5.99. The minimum Gasteiger partial charge on any atom is -0.298 e. The average Bonchev–Trinajstić information content (AvgIpc) is 3.09. The molecule has 0 fully saturated rings. The third-order valence-corrected chi connectivity index (χ3v) is 5.21. The van der Waals surface area contributed by atoms with Crippen LogP contribution in [0.2, 0.25) is 5.02 Å². The van der Waals surface area contributed by atoms with E-state index in [1.165, 1.54) is 17.5 Å². The number of fused-ring (bicyclic) bond motifs is 1. The van der Waals surface area contributed by atoms with Crippen LogP contribution in [0.25, 0.3) is 21.6 Å². The normalized spacial score (nSPS) is 10.6. The van der Waals surface area contributed by atoms with Gasteiger partial charge in [-0.25, -0.2) is 9.97 Å². The van der Waals surface area contributed by atoms with Gasteiger partial charge in [-0.15, -0.1) is 0 Å². The highest BCUT2D eigenvalue weighted by atomic mass is 35.5. The fourth-order valence-corrected chi connectivity index (χ4v) is 3.73. The van der Waals surface area contributed by atoms with E-state index in [2.05, 4.69) is 26.3 Å². The van der Waals surface area contributed by atoms with Crippen LogP contribution < -0.4 is 5.32 Å². The predicted octanol–water partition coefficient (Wildman–Crippen LogP) is 4.84. The van der Waals surface area contributed by atoms with Crippen molar-refractivity contribution in [2.45, 2.75) is 6.92 Å². The molecule has 1 aromatic carbocycles. The van der Waals surface area contributed by atoms with Crippen LogP contribution in [0.1, 0.15) is 21.6 Å². The number of carbonyl (C=O) groups excluding carboxylic acids is 1. The number of halogens is 1. The van der Waals surface area contributed by atoms with Crippen LogP contribution in [-0.4, -0.2) is 20.9 Å². The van der Waals surface area contributed by atoms with Crippen molar-refractivity contribution in [1.82, 2.24) is 15.0 Å². The molecule has 0 bridgehead atoms. The Morgan fingerprint density at radius 1 is 1.18 bits per heavy atom. The van der Waals surface area contributed by atoms with E-state index in [1.54, 1.807) is 25.1 Å². The van der Waals surface area contributed by atoms with Crippen molar-refractivity contribution >= 4 is 44.3 Å². The molecule has 3 aromatic heterocycles. The standard InChI is InChI=1S/C20H12ClN5OS/c1-11-8-15(21)14(10-23-11)18(27)26-20-25-17-7-6-16(24-19(17)28-20)13-4-2-12(9-22)3-5-13/h2-8,10H,1H3,(H,25,26,27). The number of aryl methyl sites for hydroxylation is 1. The van der Waals surface area contributed by atoms with Gasteiger partial charge in [0.05, 0.1) is 27.9 Å². The molecular weight excluding hydrogens is 394 g/mol. The van der Waals surface area contributed by atoms with Crippen molar-refractivity contribution in [1.29, 1.82) is 5.26 Å². The summed E-state index contributed by atoms with van der Waals surface area (Å²) in [6, 6.07) is 14.6. The molecule has 1 N–H and O–H groups in total. The third kappa shape index (κ3) is 3.56. The van der Waals surface area contributed by atoms with Crippen molar-refractivity contribution < 1.29 is 4.79 Å². The lowest BCUT2D eigenvalue weighted by Crippen LogP contribution is -2.12. The first-order valence-corrected chi connectivity index (χ1v) is 9.44. The van der Waals surface area contributed by atoms with Crippen molar-refractivity contribution in [2.75, 3.05) is 5.32 Å². The maximum Gasteiger partial charge on any atom is 0.260 e. The summed E-state index contributed by atoms with van der Waals surface area (Å²) in [5.74, 6) is -0.371. The zero-order valence-electron chi connectivity index (χ0n) is 14.6. The Morgan fingerprint density at radius 2 is 1.96 bits per heavy atom. The first kappa shape index (κ1) is 18.0. The van der Waals surface area contributed by atoms with Crippen LogP contribution in [0.3, 0.4) is 0 Å². The zero-order chi connectivity index (χ0) is 19.7. The van der Waals surface area contributed by atoms with Gasteiger partial charge in [0.15, 0.2) is 5.13 Å². The second-order valence-corrected chi connectivity index (χ2v) is 7.37. The van der Waals surface area contributed by atoms with Gasteiger partial charge >= 0.3 is 0 Å². The first-order chi connectivity index (χ1) is 13.5. The van der Waals surface area contributed by atoms with Gasteiger partial charge in [0.25, 0.3) is 5.91 Å². The summed E-state index contributed by atoms with van der Waals surface area (Å²) in [4.78, 5) is 26.3. The molecule has 0 aliphatic rings. The molecule has 4 aromatic rings. The summed E-state index contributed by atoms with van der Waals surface area (Å²) in [6.45, 7) is 1.80. The van der Waals surface area contributed by atoms with Crippen molar-refractivity contribution in [2.24, 2.45) is 0 Å². The van der Waals surface area contributed by atoms with Gasteiger partial charge in [0.2, 0.25) is 0 Å². The molecular formula is C20H12ClN5OS. The lowest BCUT2D eigenvalue weighted by atomic mass is 10.1. The number of hydrogen-bond donors (Lipinski definition) is 1. The van der Waals surface area contributed by atoms with Gasteiger partial charge in [0.1, 0.15) is 10.3 Å². The third-order valence-electron chi connectivity index (χ3n) is 4.02. The Morgan fingerprint density at radius 3 is 2.68 bits per heavy atom. The van der Waals surface area contributed by atoms with Gasteiger partial charge in [-0.3, -0.25) is 15.1 Å². The lowest BCUT2D eigenvalue weighted by Gasteiger charge is -2.03. The highest BCUT2D eigenvalue weighted by molar-refractivity contribution is 7.22. The monoisotopic (exact) mass is 405 g/mol. The molecule has 0 atom stereocenters. The predicted molar refractivity (Wildman–Crippen MR) is 110 cm³/mol. The molecule has 0 aliphatic heterocycles. The summed E-state index contributed by atoms with van der Waals surface area (Å²) >= 11 is 7.40. The summed E-state index contributed by atoms with van der Waals surface area (Å²) in [5, 5.41) is 12.4. The number of nitrogens with one attached hydrogen (secondary N) is 1. The van der Waals surface area contributed by atoms with Crippen LogP contribution >= 0.6 is 22.9 Å². The number of benzene rings is 1. The molecule has 3 heterocycles. The van der Waals surface area contributed by atoms with Crippen LogP contribution in [0.15, 0.2) is 48.7 Å². The van der Waals surface area contributed by atoms with E-state index in [-0.39, 0.29) is 11.5 Å². The lowest BCUT2D eigenvalue weighted by molar-refractivity contribution is 0.102. The van der Waals surface area contributed by atoms with E-state index in [4.69, 9.17) is 16.9 Å². The maximum atomic E-state index is 12.5. The number of amides is 1. The van der Waals surface area contributed by atoms with Crippen molar-refractivity contribution in [3.05, 3.63) is 70.5 Å². The number of carbonyl (C=O) groups is 1. The summed E-state index contributed by atoms with van der Waals surface area (Å²) < 4.78 is 0. The van der Waals surface area contributed by atoms with Gasteiger partial charge in [0, 0.05) is 17.5 Å². The van der Waals surface area contributed by atoms with Crippen LogP contribution in [0, 0.1) is 18.3 Å². The molecule has 0 spiro atoms. The summed E-state index contributed by atoms with van der Waals surface area (Å²) in [7, 11) is 0. The van der Waals surface area contributed by atoms with E-state index in [0.717, 1.165) is 17.0 Å². The maximum absolute atomic E-state index is 12.5. The van der Waals surface area contributed by atoms with Crippen molar-refractivity contribution in [3.63, 3.8) is 0 Å². The number of pyridine rings is 2. The van der Waals surface area contributed by atoms with E-state index in [0.29, 0.717) is 26.1 Å². The minimum atomic E-state index is -0.371. The Bertz CT molecular complexity index is 1240. The Balaban J connectivity index is 1.61. The Kier molecular flexibility index (Phi) is 4.74. The van der Waals surface area contributed by atoms with E-state index in [9.17, 15) is 4.79 Å². The molecule has 0 radical (unpaired) electrons. The molecule has 0 saturated heterocycles. The summed E-state index contributed by atoms with van der Waals surface area (Å²) in [5.41, 5.74) is 3.98. The Hall–Kier alpha value is -3.34. The highest BCUT2D eigenvalue weighted by Gasteiger charge is 2.14. The number of nitriles is 1. The van der Waals surface area contributed by atoms with Gasteiger partial charge in [-0.2, -0.15) is 5.26 Å². The molecule has 28 heavy (non-hydrogen) atoms. The summed E-state index contributed by atoms with van der Waals surface area (Å²) in [6.07, 6.45) is 1.45. The molecule has 0 unspecified atom stereocenters. The van der Waals surface area contributed by atoms with E-state index < -0.39 is 0 Å². The van der Waals surface area contributed by atoms with E-state index >= 15 is 0 Å². The van der Waals surface area contributed by atoms with Crippen LogP contribution in [0.4, 0.5) is 5.13 Å². The van der Waals surface area contributed by atoms with Gasteiger partial charge < -0.3 is 0 Å². The first-order valence-electron chi connectivity index (χ1n) is 8.25. The average molecular weight is 406 g/mol. The van der Waals surface area contributed by atoms with Crippen molar-refractivity contribution in [3.8, 4) is 17.3 Å². The molecule has 8 heteroatoms. The molecule has 136 valence electrons. The molecule has 1 amide bonds. The van der Waals surface area contributed by atoms with Crippen LogP contribution in [0.5, 0.6) is 0 Å². The van der Waals surface area contributed by atoms with Crippen LogP contribution in [-0.2, 0) is 0 Å². The molecule has 0 saturated carbocycles. The molecule has 0 aliphatic carbocycles. The number of anilines is 1. The molecule has 6 nitrogen and oxygen atoms in total. The minimum absolute atomic E-state index is 0.290. The van der Waals surface area contributed by atoms with E-state index in [1.807, 2.05) is 24.3 Å². The van der Waals surface area contributed by atoms with Gasteiger partial charge in [-0.05, 0) is 37.3 Å². The quantitative estimate of drug-likeness (QED) is 0.526. The smallest absolute Gasteiger partial charge is 0.260 e. The number of nitrogens with zero attached hydrogens (tertiary/aromatic N) is 4. The van der Waals surface area contributed by atoms with Gasteiger partial charge in [-0.1, -0.05) is 35.1 Å². The SMILES string of the molecule is Cc1cc(Cl)c(C(=O)Nc2nc3ccc(-c4ccc(C#N)cc4)nc3s2)cn1.